The lowest BCUT2D eigenvalue weighted by Gasteiger charge is -1.92. The molecule has 0 unspecified atom stereocenters. The van der Waals surface area contributed by atoms with Crippen LogP contribution in [-0.2, 0) is 20.0 Å². The Morgan fingerprint density at radius 1 is 1.70 bits per heavy atom. The second-order valence-corrected chi connectivity index (χ2v) is 2.32. The Balaban J connectivity index is 2.92. The minimum atomic E-state index is 0.536. The van der Waals surface area contributed by atoms with Crippen molar-refractivity contribution < 1.29 is 0 Å². The number of rotatable bonds is 2. The molecule has 0 aromatic carbocycles. The van der Waals surface area contributed by atoms with Crippen LogP contribution in [0, 0.1) is 0 Å². The minimum absolute atomic E-state index is 0.536. The number of hydrogen-bond acceptors (Lipinski definition) is 2. The zero-order valence-electron chi connectivity index (χ0n) is 6.46. The van der Waals surface area contributed by atoms with E-state index in [9.17, 15) is 0 Å². The van der Waals surface area contributed by atoms with Gasteiger partial charge >= 0.3 is 0 Å². The van der Waals surface area contributed by atoms with E-state index in [1.165, 1.54) is 0 Å². The molecule has 10 heavy (non-hydrogen) atoms. The van der Waals surface area contributed by atoms with E-state index in [-0.39, 0.29) is 0 Å². The molecule has 0 radical (unpaired) electrons. The van der Waals surface area contributed by atoms with Crippen molar-refractivity contribution >= 4 is 0 Å². The number of imidazole rings is 1. The van der Waals surface area contributed by atoms with E-state index in [1.807, 2.05) is 17.8 Å². The van der Waals surface area contributed by atoms with Crippen LogP contribution < -0.4 is 5.73 Å². The van der Waals surface area contributed by atoms with Crippen molar-refractivity contribution in [3.63, 3.8) is 0 Å². The Hall–Kier alpha value is -0.830. The highest BCUT2D eigenvalue weighted by Crippen LogP contribution is 2.00. The molecule has 1 rings (SSSR count). The van der Waals surface area contributed by atoms with Crippen LogP contribution in [0.2, 0.25) is 0 Å². The number of aromatic nitrogens is 2. The maximum atomic E-state index is 5.41. The van der Waals surface area contributed by atoms with E-state index in [1.54, 1.807) is 0 Å². The molecule has 1 aromatic heterocycles. The molecular weight excluding hydrogens is 126 g/mol. The number of hydrogen-bond donors (Lipinski definition) is 1. The van der Waals surface area contributed by atoms with Gasteiger partial charge in [-0.3, -0.25) is 0 Å². The summed E-state index contributed by atoms with van der Waals surface area (Å²) in [5.41, 5.74) is 6.38. The third-order valence-corrected chi connectivity index (χ3v) is 1.55. The fourth-order valence-corrected chi connectivity index (χ4v) is 0.998. The van der Waals surface area contributed by atoms with Gasteiger partial charge in [-0.25, -0.2) is 4.98 Å². The average molecular weight is 139 g/mol. The molecule has 0 spiro atoms. The molecule has 0 saturated heterocycles. The molecule has 0 aliphatic heterocycles. The normalized spacial score (nSPS) is 10.3. The molecule has 0 fully saturated rings. The van der Waals surface area contributed by atoms with Crippen molar-refractivity contribution in [2.75, 3.05) is 0 Å². The monoisotopic (exact) mass is 139 g/mol. The second kappa shape index (κ2) is 2.84. The van der Waals surface area contributed by atoms with Crippen molar-refractivity contribution in [2.24, 2.45) is 12.8 Å². The molecule has 0 atom stereocenters. The van der Waals surface area contributed by atoms with Crippen molar-refractivity contribution in [3.8, 4) is 0 Å². The van der Waals surface area contributed by atoms with Gasteiger partial charge in [0.1, 0.15) is 5.82 Å². The predicted molar refractivity (Wildman–Crippen MR) is 40.5 cm³/mol. The molecule has 0 amide bonds. The fourth-order valence-electron chi connectivity index (χ4n) is 0.998. The van der Waals surface area contributed by atoms with Gasteiger partial charge in [0, 0.05) is 26.2 Å². The quantitative estimate of drug-likeness (QED) is 0.646. The lowest BCUT2D eigenvalue weighted by Crippen LogP contribution is -1.96. The summed E-state index contributed by atoms with van der Waals surface area (Å²) < 4.78 is 2.02. The maximum absolute atomic E-state index is 5.41. The van der Waals surface area contributed by atoms with Crippen LogP contribution in [0.1, 0.15) is 18.4 Å². The molecule has 3 nitrogen and oxygen atoms in total. The van der Waals surface area contributed by atoms with E-state index < -0.39 is 0 Å². The molecule has 2 N–H and O–H groups in total. The highest BCUT2D eigenvalue weighted by molar-refractivity contribution is 5.02. The molecule has 1 heterocycles. The molecule has 0 aliphatic rings. The Kier molecular flexibility index (Phi) is 2.06. The molecule has 3 heteroatoms. The van der Waals surface area contributed by atoms with Gasteiger partial charge in [0.2, 0.25) is 0 Å². The standard InChI is InChI=1S/C7H13N3/c1-3-7-9-6(4-8)5-10(7)2/h5H,3-4,8H2,1-2H3. The van der Waals surface area contributed by atoms with Crippen LogP contribution in [0.15, 0.2) is 6.20 Å². The van der Waals surface area contributed by atoms with Crippen molar-refractivity contribution in [2.45, 2.75) is 19.9 Å². The Morgan fingerprint density at radius 2 is 2.40 bits per heavy atom. The first-order valence-electron chi connectivity index (χ1n) is 3.49. The zero-order chi connectivity index (χ0) is 7.56. The van der Waals surface area contributed by atoms with Crippen molar-refractivity contribution in [1.82, 2.24) is 9.55 Å². The number of aryl methyl sites for hydroxylation is 2. The van der Waals surface area contributed by atoms with E-state index in [2.05, 4.69) is 11.9 Å². The minimum Gasteiger partial charge on any atom is -0.338 e. The first-order chi connectivity index (χ1) is 4.77. The summed E-state index contributed by atoms with van der Waals surface area (Å²) in [5, 5.41) is 0. The van der Waals surface area contributed by atoms with E-state index in [4.69, 9.17) is 5.73 Å². The van der Waals surface area contributed by atoms with Gasteiger partial charge in [-0.05, 0) is 0 Å². The lowest BCUT2D eigenvalue weighted by atomic mass is 10.4. The molecule has 56 valence electrons. The van der Waals surface area contributed by atoms with E-state index in [0.717, 1.165) is 17.9 Å². The van der Waals surface area contributed by atoms with Gasteiger partial charge in [0.05, 0.1) is 5.69 Å². The highest BCUT2D eigenvalue weighted by Gasteiger charge is 1.99. The predicted octanol–water partition coefficient (Wildman–Crippen LogP) is 0.441. The molecule has 0 bridgehead atoms. The molecule has 1 aromatic rings. The van der Waals surface area contributed by atoms with Crippen LogP contribution >= 0.6 is 0 Å². The summed E-state index contributed by atoms with van der Waals surface area (Å²) in [6.07, 6.45) is 2.94. The van der Waals surface area contributed by atoms with Crippen LogP contribution in [0.25, 0.3) is 0 Å². The second-order valence-electron chi connectivity index (χ2n) is 2.32. The topological polar surface area (TPSA) is 43.8 Å². The van der Waals surface area contributed by atoms with Crippen LogP contribution in [0.4, 0.5) is 0 Å². The Morgan fingerprint density at radius 3 is 2.70 bits per heavy atom. The average Bonchev–Trinajstić information content (AvgIpc) is 2.30. The summed E-state index contributed by atoms with van der Waals surface area (Å²) in [6.45, 7) is 2.62. The van der Waals surface area contributed by atoms with E-state index in [0.29, 0.717) is 6.54 Å². The van der Waals surface area contributed by atoms with Crippen LogP contribution in [0.3, 0.4) is 0 Å². The molecule has 0 aliphatic carbocycles. The van der Waals surface area contributed by atoms with Gasteiger partial charge in [-0.2, -0.15) is 0 Å². The first kappa shape index (κ1) is 7.28. The molecular formula is C7H13N3. The first-order valence-corrected chi connectivity index (χ1v) is 3.49. The third kappa shape index (κ3) is 1.19. The molecule has 0 saturated carbocycles. The Labute approximate surface area is 60.9 Å². The summed E-state index contributed by atoms with van der Waals surface area (Å²) in [5.74, 6) is 1.10. The van der Waals surface area contributed by atoms with Gasteiger partial charge in [-0.15, -0.1) is 0 Å². The maximum Gasteiger partial charge on any atom is 0.108 e. The summed E-state index contributed by atoms with van der Waals surface area (Å²) >= 11 is 0. The number of nitrogens with two attached hydrogens (primary N) is 1. The SMILES string of the molecule is CCc1nc(CN)cn1C. The Bertz CT molecular complexity index is 215. The summed E-state index contributed by atoms with van der Waals surface area (Å²) in [7, 11) is 1.99. The fraction of sp³-hybridized carbons (Fsp3) is 0.571. The summed E-state index contributed by atoms with van der Waals surface area (Å²) in [4.78, 5) is 4.28. The van der Waals surface area contributed by atoms with E-state index >= 15 is 0 Å². The van der Waals surface area contributed by atoms with Crippen LogP contribution in [0.5, 0.6) is 0 Å². The smallest absolute Gasteiger partial charge is 0.108 e. The van der Waals surface area contributed by atoms with Crippen molar-refractivity contribution in [1.29, 1.82) is 0 Å². The number of nitrogens with zero attached hydrogens (tertiary/aromatic N) is 2. The largest absolute Gasteiger partial charge is 0.338 e. The van der Waals surface area contributed by atoms with Crippen LogP contribution in [-0.4, -0.2) is 9.55 Å². The summed E-state index contributed by atoms with van der Waals surface area (Å²) in [6, 6.07) is 0. The van der Waals surface area contributed by atoms with Gasteiger partial charge < -0.3 is 10.3 Å². The van der Waals surface area contributed by atoms with Gasteiger partial charge in [-0.1, -0.05) is 6.92 Å². The lowest BCUT2D eigenvalue weighted by molar-refractivity contribution is 0.807. The van der Waals surface area contributed by atoms with Gasteiger partial charge in [0.25, 0.3) is 0 Å². The zero-order valence-corrected chi connectivity index (χ0v) is 6.46. The highest BCUT2D eigenvalue weighted by atomic mass is 15.0. The third-order valence-electron chi connectivity index (χ3n) is 1.55. The van der Waals surface area contributed by atoms with Gasteiger partial charge in [0.15, 0.2) is 0 Å². The van der Waals surface area contributed by atoms with Crippen molar-refractivity contribution in [3.05, 3.63) is 17.7 Å².